The van der Waals surface area contributed by atoms with Crippen LogP contribution in [0.5, 0.6) is 0 Å². The van der Waals surface area contributed by atoms with E-state index in [2.05, 4.69) is 45.8 Å². The van der Waals surface area contributed by atoms with Gasteiger partial charge in [-0.15, -0.1) is 11.8 Å². The highest BCUT2D eigenvalue weighted by Crippen LogP contribution is 2.21. The quantitative estimate of drug-likeness (QED) is 0.807. The Labute approximate surface area is 111 Å². The van der Waals surface area contributed by atoms with Crippen molar-refractivity contribution in [3.05, 3.63) is 36.5 Å². The fourth-order valence-electron chi connectivity index (χ4n) is 1.55. The molecule has 4 nitrogen and oxygen atoms in total. The van der Waals surface area contributed by atoms with Gasteiger partial charge in [-0.2, -0.15) is 0 Å². The average Bonchev–Trinajstić information content (AvgIpc) is 2.45. The molecule has 2 rings (SSSR count). The maximum atomic E-state index is 5.44. The summed E-state index contributed by atoms with van der Waals surface area (Å²) in [6.07, 6.45) is 3.82. The molecule has 1 aromatic heterocycles. The first-order valence-electron chi connectivity index (χ1n) is 5.75. The second kappa shape index (κ2) is 6.37. The lowest BCUT2D eigenvalue weighted by Crippen LogP contribution is -2.14. The summed E-state index contributed by atoms with van der Waals surface area (Å²) in [4.78, 5) is 9.85. The Kier molecular flexibility index (Phi) is 4.55. The van der Waals surface area contributed by atoms with E-state index in [0.29, 0.717) is 19.0 Å². The van der Waals surface area contributed by atoms with E-state index < -0.39 is 0 Å². The van der Waals surface area contributed by atoms with Crippen molar-refractivity contribution in [1.82, 2.24) is 9.97 Å². The van der Waals surface area contributed by atoms with Crippen molar-refractivity contribution in [2.45, 2.75) is 4.90 Å². The largest absolute Gasteiger partial charge is 0.353 e. The lowest BCUT2D eigenvalue weighted by Gasteiger charge is -2.06. The number of aromatic nitrogens is 2. The van der Waals surface area contributed by atoms with Gasteiger partial charge in [-0.3, -0.25) is 0 Å². The molecule has 5 heteroatoms. The third-order valence-corrected chi connectivity index (χ3v) is 3.21. The summed E-state index contributed by atoms with van der Waals surface area (Å²) >= 11 is 1.73. The minimum Gasteiger partial charge on any atom is -0.353 e. The maximum absolute atomic E-state index is 5.44. The van der Waals surface area contributed by atoms with Crippen LogP contribution >= 0.6 is 11.8 Å². The Morgan fingerprint density at radius 1 is 1.22 bits per heavy atom. The number of benzene rings is 1. The highest BCUT2D eigenvalue weighted by Gasteiger charge is 2.01. The molecule has 0 aliphatic heterocycles. The van der Waals surface area contributed by atoms with E-state index in [4.69, 9.17) is 5.73 Å². The molecule has 0 amide bonds. The fraction of sp³-hybridized carbons (Fsp3) is 0.231. The van der Waals surface area contributed by atoms with E-state index in [0.717, 1.165) is 11.3 Å². The Morgan fingerprint density at radius 2 is 2.00 bits per heavy atom. The summed E-state index contributed by atoms with van der Waals surface area (Å²) in [6, 6.07) is 10.2. The predicted molar refractivity (Wildman–Crippen MR) is 76.8 cm³/mol. The summed E-state index contributed by atoms with van der Waals surface area (Å²) < 4.78 is 0. The summed E-state index contributed by atoms with van der Waals surface area (Å²) in [5, 5.41) is 3.08. The average molecular weight is 260 g/mol. The van der Waals surface area contributed by atoms with Gasteiger partial charge in [0, 0.05) is 29.7 Å². The monoisotopic (exact) mass is 260 g/mol. The lowest BCUT2D eigenvalue weighted by molar-refractivity contribution is 0.990. The third kappa shape index (κ3) is 3.21. The van der Waals surface area contributed by atoms with E-state index in [-0.39, 0.29) is 0 Å². The Hall–Kier alpha value is -1.59. The van der Waals surface area contributed by atoms with Gasteiger partial charge >= 0.3 is 0 Å². The van der Waals surface area contributed by atoms with Crippen molar-refractivity contribution in [3.8, 4) is 11.3 Å². The van der Waals surface area contributed by atoms with Crippen LogP contribution in [-0.2, 0) is 0 Å². The summed E-state index contributed by atoms with van der Waals surface area (Å²) in [5.41, 5.74) is 7.44. The van der Waals surface area contributed by atoms with Crippen molar-refractivity contribution in [3.63, 3.8) is 0 Å². The molecule has 0 fully saturated rings. The molecule has 94 valence electrons. The van der Waals surface area contributed by atoms with Crippen molar-refractivity contribution < 1.29 is 0 Å². The van der Waals surface area contributed by atoms with E-state index >= 15 is 0 Å². The molecular formula is C13H16N4S. The molecule has 0 saturated heterocycles. The molecule has 0 unspecified atom stereocenters. The van der Waals surface area contributed by atoms with E-state index in [1.807, 2.05) is 6.07 Å². The van der Waals surface area contributed by atoms with Crippen LogP contribution in [0.1, 0.15) is 0 Å². The molecule has 1 heterocycles. The first-order chi connectivity index (χ1) is 8.83. The van der Waals surface area contributed by atoms with Gasteiger partial charge in [-0.1, -0.05) is 12.1 Å². The van der Waals surface area contributed by atoms with Gasteiger partial charge in [0.05, 0.1) is 5.69 Å². The first-order valence-corrected chi connectivity index (χ1v) is 6.97. The van der Waals surface area contributed by atoms with Crippen LogP contribution in [0.2, 0.25) is 0 Å². The number of hydrogen-bond donors (Lipinski definition) is 2. The first kappa shape index (κ1) is 12.9. The molecule has 1 aromatic carbocycles. The van der Waals surface area contributed by atoms with Gasteiger partial charge in [0.1, 0.15) is 0 Å². The highest BCUT2D eigenvalue weighted by molar-refractivity contribution is 7.98. The Balaban J connectivity index is 2.20. The molecule has 2 aromatic rings. The molecule has 0 bridgehead atoms. The van der Waals surface area contributed by atoms with Crippen molar-refractivity contribution in [2.24, 2.45) is 5.73 Å². The minimum atomic E-state index is 0.565. The second-order valence-electron chi connectivity index (χ2n) is 3.71. The van der Waals surface area contributed by atoms with Gasteiger partial charge in [0.2, 0.25) is 5.95 Å². The molecule has 0 atom stereocenters. The van der Waals surface area contributed by atoms with Crippen LogP contribution in [0.25, 0.3) is 11.3 Å². The second-order valence-corrected chi connectivity index (χ2v) is 4.59. The maximum Gasteiger partial charge on any atom is 0.223 e. The Morgan fingerprint density at radius 3 is 2.67 bits per heavy atom. The zero-order chi connectivity index (χ0) is 12.8. The van der Waals surface area contributed by atoms with Crippen LogP contribution in [0.4, 0.5) is 5.95 Å². The van der Waals surface area contributed by atoms with Gasteiger partial charge in [0.25, 0.3) is 0 Å². The van der Waals surface area contributed by atoms with Crippen LogP contribution in [0, 0.1) is 0 Å². The number of nitrogens with two attached hydrogens (primary N) is 1. The number of nitrogens with one attached hydrogen (secondary N) is 1. The third-order valence-electron chi connectivity index (χ3n) is 2.47. The van der Waals surface area contributed by atoms with Crippen LogP contribution < -0.4 is 11.1 Å². The number of rotatable bonds is 5. The molecule has 0 aliphatic rings. The van der Waals surface area contributed by atoms with E-state index in [1.165, 1.54) is 4.90 Å². The number of thioether (sulfide) groups is 1. The SMILES string of the molecule is CSc1ccc(-c2ccnc(NCCN)n2)cc1. The summed E-state index contributed by atoms with van der Waals surface area (Å²) in [6.45, 7) is 1.24. The van der Waals surface area contributed by atoms with E-state index in [9.17, 15) is 0 Å². The van der Waals surface area contributed by atoms with Gasteiger partial charge < -0.3 is 11.1 Å². The molecular weight excluding hydrogens is 244 g/mol. The minimum absolute atomic E-state index is 0.565. The van der Waals surface area contributed by atoms with Gasteiger partial charge in [0.15, 0.2) is 0 Å². The number of hydrogen-bond acceptors (Lipinski definition) is 5. The van der Waals surface area contributed by atoms with Crippen molar-refractivity contribution in [1.29, 1.82) is 0 Å². The molecule has 18 heavy (non-hydrogen) atoms. The lowest BCUT2D eigenvalue weighted by atomic mass is 10.1. The highest BCUT2D eigenvalue weighted by atomic mass is 32.2. The van der Waals surface area contributed by atoms with E-state index in [1.54, 1.807) is 18.0 Å². The predicted octanol–water partition coefficient (Wildman–Crippen LogP) is 2.24. The molecule has 0 spiro atoms. The Bertz CT molecular complexity index is 499. The molecule has 0 saturated carbocycles. The smallest absolute Gasteiger partial charge is 0.223 e. The summed E-state index contributed by atoms with van der Waals surface area (Å²) in [7, 11) is 0. The van der Waals surface area contributed by atoms with Gasteiger partial charge in [-0.05, 0) is 24.5 Å². The topological polar surface area (TPSA) is 63.8 Å². The normalized spacial score (nSPS) is 10.3. The zero-order valence-corrected chi connectivity index (χ0v) is 11.1. The summed E-state index contributed by atoms with van der Waals surface area (Å²) in [5.74, 6) is 0.617. The number of anilines is 1. The number of nitrogens with zero attached hydrogens (tertiary/aromatic N) is 2. The van der Waals surface area contributed by atoms with Crippen molar-refractivity contribution in [2.75, 3.05) is 24.7 Å². The van der Waals surface area contributed by atoms with Crippen molar-refractivity contribution >= 4 is 17.7 Å². The molecule has 3 N–H and O–H groups in total. The molecule has 0 radical (unpaired) electrons. The standard InChI is InChI=1S/C13H16N4S/c1-18-11-4-2-10(3-5-11)12-6-8-15-13(17-12)16-9-7-14/h2-6,8H,7,9,14H2,1H3,(H,15,16,17). The van der Waals surface area contributed by atoms with Gasteiger partial charge in [-0.25, -0.2) is 9.97 Å². The fourth-order valence-corrected chi connectivity index (χ4v) is 1.96. The van der Waals surface area contributed by atoms with Crippen LogP contribution in [0.3, 0.4) is 0 Å². The van der Waals surface area contributed by atoms with Crippen LogP contribution in [0.15, 0.2) is 41.4 Å². The molecule has 0 aliphatic carbocycles. The zero-order valence-electron chi connectivity index (χ0n) is 10.3. The van der Waals surface area contributed by atoms with Crippen LogP contribution in [-0.4, -0.2) is 29.3 Å².